The lowest BCUT2D eigenvalue weighted by Crippen LogP contribution is -2.58. The molecule has 1 atom stereocenters. The zero-order valence-electron chi connectivity index (χ0n) is 29.7. The summed E-state index contributed by atoms with van der Waals surface area (Å²) in [4.78, 5) is 25.0. The molecule has 12 heteroatoms. The van der Waals surface area contributed by atoms with Crippen LogP contribution in [0.4, 0.5) is 30.4 Å². The van der Waals surface area contributed by atoms with E-state index in [2.05, 4.69) is 59.9 Å². The first-order valence-electron chi connectivity index (χ1n) is 17.1. The number of aromatic nitrogens is 1. The van der Waals surface area contributed by atoms with Crippen LogP contribution in [0.2, 0.25) is 18.1 Å². The van der Waals surface area contributed by atoms with Crippen LogP contribution in [-0.4, -0.2) is 81.9 Å². The summed E-state index contributed by atoms with van der Waals surface area (Å²) in [5.74, 6) is 0.696. The van der Waals surface area contributed by atoms with Crippen LogP contribution >= 0.6 is 0 Å². The minimum atomic E-state index is -4.75. The Morgan fingerprint density at radius 3 is 2.31 bits per heavy atom. The predicted octanol–water partition coefficient (Wildman–Crippen LogP) is 8.03. The summed E-state index contributed by atoms with van der Waals surface area (Å²) in [5, 5.41) is 3.71. The highest BCUT2D eigenvalue weighted by molar-refractivity contribution is 6.74. The number of carbonyl (C=O) groups excluding carboxylic acids is 1. The Kier molecular flexibility index (Phi) is 10.9. The molecule has 8 nitrogen and oxygen atoms in total. The molecule has 49 heavy (non-hydrogen) atoms. The maximum Gasteiger partial charge on any atom is 0.573 e. The number of piperidine rings is 1. The van der Waals surface area contributed by atoms with Crippen LogP contribution in [0.5, 0.6) is 5.75 Å². The van der Waals surface area contributed by atoms with Gasteiger partial charge in [-0.25, -0.2) is 4.98 Å². The van der Waals surface area contributed by atoms with Crippen LogP contribution in [0.3, 0.4) is 0 Å². The Balaban J connectivity index is 1.28. The van der Waals surface area contributed by atoms with Crippen LogP contribution in [0.25, 0.3) is 0 Å². The van der Waals surface area contributed by atoms with Crippen molar-refractivity contribution in [2.24, 2.45) is 0 Å². The minimum absolute atomic E-state index is 0.00496. The van der Waals surface area contributed by atoms with Crippen molar-refractivity contribution >= 4 is 31.4 Å². The second-order valence-corrected chi connectivity index (χ2v) is 19.6. The van der Waals surface area contributed by atoms with Crippen molar-refractivity contribution in [3.63, 3.8) is 0 Å². The molecule has 5 rings (SSSR count). The molecule has 0 bridgehead atoms. The number of anilines is 3. The van der Waals surface area contributed by atoms with E-state index < -0.39 is 14.7 Å². The van der Waals surface area contributed by atoms with E-state index in [4.69, 9.17) is 4.43 Å². The van der Waals surface area contributed by atoms with Crippen molar-refractivity contribution in [1.29, 1.82) is 0 Å². The second-order valence-electron chi connectivity index (χ2n) is 14.8. The van der Waals surface area contributed by atoms with Gasteiger partial charge in [0.15, 0.2) is 14.1 Å². The van der Waals surface area contributed by atoms with E-state index in [0.29, 0.717) is 50.6 Å². The zero-order valence-corrected chi connectivity index (χ0v) is 30.7. The standard InChI is InChI=1S/C37H50F3N5O3Si/c1-26-22-27(2)31(42-28-15-18-43(19-16-28)32-12-8-9-13-33(32)48-37(38,39)40)23-30(26)35(46)44-20-21-45(34-14-10-11-17-41-34)29(24-44)25-47-49(6,7)36(3,4)5/h8-14,17,22-23,28-29,42H,15-16,18-21,24-25H2,1-7H3/t29-/m0/s1. The lowest BCUT2D eigenvalue weighted by molar-refractivity contribution is -0.274. The molecule has 2 saturated heterocycles. The number of hydrogen-bond donors (Lipinski definition) is 1. The van der Waals surface area contributed by atoms with Gasteiger partial charge in [-0.1, -0.05) is 45.0 Å². The number of hydrogen-bond acceptors (Lipinski definition) is 7. The molecule has 1 N–H and O–H groups in total. The van der Waals surface area contributed by atoms with Gasteiger partial charge in [-0.05, 0) is 86.3 Å². The molecule has 0 aliphatic carbocycles. The van der Waals surface area contributed by atoms with Crippen molar-refractivity contribution in [2.45, 2.75) is 84.0 Å². The van der Waals surface area contributed by atoms with Crippen LogP contribution < -0.4 is 19.9 Å². The lowest BCUT2D eigenvalue weighted by Gasteiger charge is -2.44. The molecule has 0 spiro atoms. The molecular formula is C37H50F3N5O3Si. The molecule has 2 fully saturated rings. The van der Waals surface area contributed by atoms with Gasteiger partial charge in [0.05, 0.1) is 18.3 Å². The van der Waals surface area contributed by atoms with Gasteiger partial charge < -0.3 is 29.2 Å². The number of piperazine rings is 1. The molecule has 0 radical (unpaired) electrons. The molecule has 0 saturated carbocycles. The van der Waals surface area contributed by atoms with Gasteiger partial charge in [0, 0.05) is 56.2 Å². The lowest BCUT2D eigenvalue weighted by atomic mass is 9.99. The fraction of sp³-hybridized carbons (Fsp3) is 0.514. The van der Waals surface area contributed by atoms with Crippen molar-refractivity contribution in [1.82, 2.24) is 9.88 Å². The Hall–Kier alpha value is -3.77. The molecule has 2 aromatic carbocycles. The Labute approximate surface area is 289 Å². The van der Waals surface area contributed by atoms with Gasteiger partial charge >= 0.3 is 6.36 Å². The number of aryl methyl sites for hydroxylation is 2. The first-order valence-corrected chi connectivity index (χ1v) is 20.0. The molecule has 1 amide bonds. The largest absolute Gasteiger partial charge is 0.573 e. The Bertz CT molecular complexity index is 1590. The zero-order chi connectivity index (χ0) is 35.6. The number of rotatable bonds is 9. The second kappa shape index (κ2) is 14.6. The van der Waals surface area contributed by atoms with Crippen molar-refractivity contribution in [3.8, 4) is 5.75 Å². The highest BCUT2D eigenvalue weighted by atomic mass is 28.4. The van der Waals surface area contributed by atoms with Crippen molar-refractivity contribution < 1.29 is 27.1 Å². The van der Waals surface area contributed by atoms with Crippen LogP contribution in [0.15, 0.2) is 60.8 Å². The number of nitrogens with one attached hydrogen (secondary N) is 1. The Morgan fingerprint density at radius 2 is 1.65 bits per heavy atom. The monoisotopic (exact) mass is 697 g/mol. The van der Waals surface area contributed by atoms with Crippen molar-refractivity contribution in [2.75, 3.05) is 54.4 Å². The maximum absolute atomic E-state index is 14.2. The molecule has 3 heterocycles. The van der Waals surface area contributed by atoms with Gasteiger partial charge in [0.1, 0.15) is 5.82 Å². The number of benzene rings is 2. The number of ether oxygens (including phenoxy) is 1. The minimum Gasteiger partial charge on any atom is -0.415 e. The highest BCUT2D eigenvalue weighted by Gasteiger charge is 2.40. The van der Waals surface area contributed by atoms with Crippen LogP contribution in [-0.2, 0) is 4.43 Å². The fourth-order valence-corrected chi connectivity index (χ4v) is 7.39. The van der Waals surface area contributed by atoms with E-state index in [-0.39, 0.29) is 28.8 Å². The molecule has 1 aromatic heterocycles. The van der Waals surface area contributed by atoms with Gasteiger partial charge in [-0.15, -0.1) is 13.2 Å². The SMILES string of the molecule is Cc1cc(C)c(C(=O)N2CCN(c3ccccn3)[C@H](CO[Si](C)(C)C(C)(C)C)C2)cc1NC1CCN(c2ccccc2OC(F)(F)F)CC1. The average Bonchev–Trinajstić information content (AvgIpc) is 3.04. The fourth-order valence-electron chi connectivity index (χ4n) is 6.35. The van der Waals surface area contributed by atoms with Crippen LogP contribution in [0.1, 0.15) is 55.1 Å². The molecule has 2 aliphatic rings. The summed E-state index contributed by atoms with van der Waals surface area (Å²) >= 11 is 0. The van der Waals surface area contributed by atoms with E-state index in [1.807, 2.05) is 47.9 Å². The first kappa shape index (κ1) is 36.5. The van der Waals surface area contributed by atoms with E-state index in [9.17, 15) is 18.0 Å². The summed E-state index contributed by atoms with van der Waals surface area (Å²) in [7, 11) is -2.03. The van der Waals surface area contributed by atoms with E-state index >= 15 is 0 Å². The third kappa shape index (κ3) is 8.88. The Morgan fingerprint density at radius 1 is 0.959 bits per heavy atom. The number of carbonyl (C=O) groups is 1. The van der Waals surface area contributed by atoms with Crippen molar-refractivity contribution in [3.05, 3.63) is 77.5 Å². The average molecular weight is 698 g/mol. The highest BCUT2D eigenvalue weighted by Crippen LogP contribution is 2.38. The topological polar surface area (TPSA) is 70.2 Å². The maximum atomic E-state index is 14.2. The van der Waals surface area contributed by atoms with Gasteiger partial charge in [0.2, 0.25) is 0 Å². The summed E-state index contributed by atoms with van der Waals surface area (Å²) in [6.45, 7) is 18.6. The number of alkyl halides is 3. The quantitative estimate of drug-likeness (QED) is 0.227. The van der Waals surface area contributed by atoms with E-state index in [0.717, 1.165) is 35.5 Å². The number of halogens is 3. The third-order valence-corrected chi connectivity index (χ3v) is 14.7. The van der Waals surface area contributed by atoms with Crippen LogP contribution in [0, 0.1) is 13.8 Å². The number of pyridine rings is 1. The van der Waals surface area contributed by atoms with E-state index in [1.54, 1.807) is 24.4 Å². The van der Waals surface area contributed by atoms with Gasteiger partial charge in [0.25, 0.3) is 5.91 Å². The number of nitrogens with zero attached hydrogens (tertiary/aromatic N) is 4. The first-order chi connectivity index (χ1) is 23.0. The normalized spacial score (nSPS) is 18.1. The summed E-state index contributed by atoms with van der Waals surface area (Å²) in [5.41, 5.74) is 3.97. The summed E-state index contributed by atoms with van der Waals surface area (Å²) in [6, 6.07) is 16.3. The summed E-state index contributed by atoms with van der Waals surface area (Å²) in [6.07, 6.45) is -1.50. The molecular weight excluding hydrogens is 648 g/mol. The smallest absolute Gasteiger partial charge is 0.415 e. The number of para-hydroxylation sites is 2. The molecule has 2 aliphatic heterocycles. The third-order valence-electron chi connectivity index (χ3n) is 10.2. The summed E-state index contributed by atoms with van der Waals surface area (Å²) < 4.78 is 50.0. The van der Waals surface area contributed by atoms with Gasteiger partial charge in [-0.2, -0.15) is 0 Å². The number of amides is 1. The van der Waals surface area contributed by atoms with Gasteiger partial charge in [-0.3, -0.25) is 4.79 Å². The molecule has 3 aromatic rings. The molecule has 0 unspecified atom stereocenters. The predicted molar refractivity (Wildman–Crippen MR) is 192 cm³/mol. The molecule has 266 valence electrons. The van der Waals surface area contributed by atoms with E-state index in [1.165, 1.54) is 6.07 Å².